The molecule has 3 amide bonds. The number of hydrogen-bond acceptors (Lipinski definition) is 8. The SMILES string of the molecule is N=C(c1ccc(Cl)cc1)N(C[C@@H](O)C(F)(F)F)C(=O)NCc1ncn(-c2cccnc2C(=O)N2CCOC(C(F)(F)F)C2)n1. The van der Waals surface area contributed by atoms with Gasteiger partial charge in [0.1, 0.15) is 12.2 Å². The number of morpholine rings is 1. The number of ether oxygens (including phenoxy) is 1. The minimum Gasteiger partial charge on any atom is -0.382 e. The van der Waals surface area contributed by atoms with Crippen LogP contribution in [-0.4, -0.2) is 103 Å². The fourth-order valence-electron chi connectivity index (χ4n) is 3.99. The van der Waals surface area contributed by atoms with Crippen LogP contribution in [0.4, 0.5) is 31.1 Å². The zero-order chi connectivity index (χ0) is 32.2. The van der Waals surface area contributed by atoms with E-state index in [-0.39, 0.29) is 40.9 Å². The number of aliphatic hydroxyl groups is 1. The Labute approximate surface area is 249 Å². The van der Waals surface area contributed by atoms with Gasteiger partial charge in [-0.3, -0.25) is 15.1 Å². The minimum atomic E-state index is -5.08. The molecule has 0 aliphatic carbocycles. The van der Waals surface area contributed by atoms with Gasteiger partial charge in [0.25, 0.3) is 5.91 Å². The Balaban J connectivity index is 1.49. The van der Waals surface area contributed by atoms with E-state index in [0.29, 0.717) is 4.90 Å². The number of amidine groups is 1. The number of halogens is 7. The summed E-state index contributed by atoms with van der Waals surface area (Å²) in [5, 5.41) is 24.6. The molecule has 1 fully saturated rings. The van der Waals surface area contributed by atoms with Crippen LogP contribution in [0.1, 0.15) is 21.9 Å². The Bertz CT molecular complexity index is 1500. The lowest BCUT2D eigenvalue weighted by atomic mass is 10.2. The average molecular weight is 649 g/mol. The van der Waals surface area contributed by atoms with E-state index in [2.05, 4.69) is 20.4 Å². The molecule has 2 atom stereocenters. The van der Waals surface area contributed by atoms with Gasteiger partial charge in [0, 0.05) is 23.3 Å². The van der Waals surface area contributed by atoms with Crippen molar-refractivity contribution < 1.29 is 45.8 Å². The molecule has 4 rings (SSSR count). The molecule has 3 aromatic rings. The summed E-state index contributed by atoms with van der Waals surface area (Å²) in [6, 6.07) is 7.01. The van der Waals surface area contributed by atoms with E-state index in [1.165, 1.54) is 42.6 Å². The number of carbonyl (C=O) groups is 2. The van der Waals surface area contributed by atoms with Gasteiger partial charge in [-0.1, -0.05) is 11.6 Å². The number of rotatable bonds is 7. The summed E-state index contributed by atoms with van der Waals surface area (Å²) in [4.78, 5) is 35.3. The van der Waals surface area contributed by atoms with Gasteiger partial charge in [-0.05, 0) is 36.4 Å². The number of pyridine rings is 1. The van der Waals surface area contributed by atoms with Gasteiger partial charge < -0.3 is 20.1 Å². The van der Waals surface area contributed by atoms with Crippen LogP contribution >= 0.6 is 11.6 Å². The molecule has 44 heavy (non-hydrogen) atoms. The molecule has 1 aliphatic rings. The second-order valence-corrected chi connectivity index (χ2v) is 9.75. The van der Waals surface area contributed by atoms with E-state index in [9.17, 15) is 41.0 Å². The number of hydrogen-bond donors (Lipinski definition) is 3. The summed E-state index contributed by atoms with van der Waals surface area (Å²) in [5.41, 5.74) is -0.145. The van der Waals surface area contributed by atoms with Gasteiger partial charge in [-0.2, -0.15) is 26.3 Å². The minimum absolute atomic E-state index is 0.0388. The van der Waals surface area contributed by atoms with Crippen LogP contribution < -0.4 is 5.32 Å². The Morgan fingerprint density at radius 3 is 2.52 bits per heavy atom. The first kappa shape index (κ1) is 32.6. The van der Waals surface area contributed by atoms with Gasteiger partial charge >= 0.3 is 18.4 Å². The predicted molar refractivity (Wildman–Crippen MR) is 140 cm³/mol. The molecule has 12 nitrogen and oxygen atoms in total. The Morgan fingerprint density at radius 2 is 1.86 bits per heavy atom. The summed E-state index contributed by atoms with van der Waals surface area (Å²) in [7, 11) is 0. The average Bonchev–Trinajstić information content (AvgIpc) is 3.46. The second kappa shape index (κ2) is 13.1. The quantitative estimate of drug-likeness (QED) is 0.202. The molecule has 1 unspecified atom stereocenters. The molecule has 0 saturated carbocycles. The summed E-state index contributed by atoms with van der Waals surface area (Å²) in [5.74, 6) is -1.56. The normalized spacial score (nSPS) is 16.4. The number of nitrogens with zero attached hydrogens (tertiary/aromatic N) is 6. The number of aromatic nitrogens is 4. The van der Waals surface area contributed by atoms with Crippen molar-refractivity contribution in [3.8, 4) is 5.69 Å². The summed E-state index contributed by atoms with van der Waals surface area (Å²) in [6.07, 6.45) is -12.5. The van der Waals surface area contributed by atoms with Gasteiger partial charge in [0.15, 0.2) is 23.7 Å². The van der Waals surface area contributed by atoms with Crippen LogP contribution in [-0.2, 0) is 11.3 Å². The van der Waals surface area contributed by atoms with Crippen molar-refractivity contribution in [3.63, 3.8) is 0 Å². The standard InChI is InChI=1S/C25H23ClF6N8O4/c26-15-5-3-14(4-6-15)21(33)39(11-17(41)24(27,28)29)23(43)35-10-19-36-13-40(37-19)16-2-1-7-34-20(16)22(42)38-8-9-44-18(12-38)25(30,31)32/h1-7,13,17-18,33,41H,8-12H2,(H,35,43)/t17-,18?/m1/s1. The molecule has 1 aliphatic heterocycles. The topological polar surface area (TPSA) is 150 Å². The van der Waals surface area contributed by atoms with Crippen LogP contribution in [0.25, 0.3) is 5.69 Å². The van der Waals surface area contributed by atoms with Gasteiger partial charge in [-0.15, -0.1) is 5.10 Å². The van der Waals surface area contributed by atoms with E-state index in [0.717, 1.165) is 15.9 Å². The molecule has 3 N–H and O–H groups in total. The number of nitrogens with one attached hydrogen (secondary N) is 2. The fraction of sp³-hybridized carbons (Fsp3) is 0.360. The van der Waals surface area contributed by atoms with Crippen molar-refractivity contribution in [3.05, 3.63) is 71.0 Å². The lowest BCUT2D eigenvalue weighted by Crippen LogP contribution is -2.51. The second-order valence-electron chi connectivity index (χ2n) is 9.31. The molecule has 0 radical (unpaired) electrons. The van der Waals surface area contributed by atoms with E-state index >= 15 is 0 Å². The van der Waals surface area contributed by atoms with Gasteiger partial charge in [0.05, 0.1) is 31.9 Å². The highest BCUT2D eigenvalue weighted by Crippen LogP contribution is 2.27. The molecular weight excluding hydrogens is 626 g/mol. The van der Waals surface area contributed by atoms with Crippen LogP contribution in [0.3, 0.4) is 0 Å². The summed E-state index contributed by atoms with van der Waals surface area (Å²) < 4.78 is 84.5. The Kier molecular flexibility index (Phi) is 9.75. The maximum Gasteiger partial charge on any atom is 0.416 e. The first-order valence-electron chi connectivity index (χ1n) is 12.6. The third-order valence-electron chi connectivity index (χ3n) is 6.26. The first-order chi connectivity index (χ1) is 20.6. The molecule has 3 heterocycles. The van der Waals surface area contributed by atoms with Crippen molar-refractivity contribution >= 4 is 29.4 Å². The lowest BCUT2D eigenvalue weighted by molar-refractivity contribution is -0.233. The molecule has 1 aromatic carbocycles. The van der Waals surface area contributed by atoms with Crippen LogP contribution in [0.2, 0.25) is 5.02 Å². The summed E-state index contributed by atoms with van der Waals surface area (Å²) >= 11 is 5.82. The number of alkyl halides is 6. The maximum atomic E-state index is 13.2. The smallest absolute Gasteiger partial charge is 0.382 e. The van der Waals surface area contributed by atoms with Crippen molar-refractivity contribution in [2.75, 3.05) is 26.2 Å². The summed E-state index contributed by atoms with van der Waals surface area (Å²) in [6.45, 7) is -2.94. The molecule has 1 saturated heterocycles. The van der Waals surface area contributed by atoms with E-state index in [4.69, 9.17) is 21.7 Å². The molecule has 2 aromatic heterocycles. The highest BCUT2D eigenvalue weighted by Gasteiger charge is 2.45. The van der Waals surface area contributed by atoms with Crippen molar-refractivity contribution in [1.29, 1.82) is 5.41 Å². The van der Waals surface area contributed by atoms with Gasteiger partial charge in [0.2, 0.25) is 0 Å². The van der Waals surface area contributed by atoms with Gasteiger partial charge in [-0.25, -0.2) is 19.4 Å². The van der Waals surface area contributed by atoms with E-state index in [1.54, 1.807) is 0 Å². The zero-order valence-electron chi connectivity index (χ0n) is 22.3. The lowest BCUT2D eigenvalue weighted by Gasteiger charge is -2.33. The third kappa shape index (κ3) is 7.80. The van der Waals surface area contributed by atoms with Crippen molar-refractivity contribution in [2.24, 2.45) is 0 Å². The van der Waals surface area contributed by atoms with E-state index < -0.39 is 62.0 Å². The van der Waals surface area contributed by atoms with Crippen molar-refractivity contribution in [1.82, 2.24) is 34.9 Å². The number of urea groups is 1. The molecular formula is C25H23ClF6N8O4. The number of amides is 3. The molecule has 236 valence electrons. The highest BCUT2D eigenvalue weighted by molar-refractivity contribution is 6.30. The highest BCUT2D eigenvalue weighted by atomic mass is 35.5. The fourth-order valence-corrected chi connectivity index (χ4v) is 4.11. The number of benzene rings is 1. The zero-order valence-corrected chi connectivity index (χ0v) is 23.1. The van der Waals surface area contributed by atoms with E-state index in [1.807, 2.05) is 0 Å². The van der Waals surface area contributed by atoms with Crippen LogP contribution in [0.5, 0.6) is 0 Å². The largest absolute Gasteiger partial charge is 0.416 e. The van der Waals surface area contributed by atoms with Crippen LogP contribution in [0, 0.1) is 5.41 Å². The molecule has 0 bridgehead atoms. The van der Waals surface area contributed by atoms with Crippen molar-refractivity contribution in [2.45, 2.75) is 31.1 Å². The van der Waals surface area contributed by atoms with Crippen LogP contribution in [0.15, 0.2) is 48.9 Å². The first-order valence-corrected chi connectivity index (χ1v) is 13.0. The third-order valence-corrected chi connectivity index (χ3v) is 6.51. The molecule has 19 heteroatoms. The Morgan fingerprint density at radius 1 is 1.16 bits per heavy atom. The maximum absolute atomic E-state index is 13.2. The number of aliphatic hydroxyl groups excluding tert-OH is 1. The predicted octanol–water partition coefficient (Wildman–Crippen LogP) is 3.18. The molecule has 0 spiro atoms. The Hall–Kier alpha value is -4.29. The monoisotopic (exact) mass is 648 g/mol. The number of carbonyl (C=O) groups excluding carboxylic acids is 2.